The summed E-state index contributed by atoms with van der Waals surface area (Å²) in [6, 6.07) is 0. The van der Waals surface area contributed by atoms with E-state index >= 15 is 0 Å². The van der Waals surface area contributed by atoms with Crippen LogP contribution in [0.15, 0.2) is 0 Å². The molecule has 4 N–H and O–H groups in total. The molecule has 96 valence electrons. The van der Waals surface area contributed by atoms with Gasteiger partial charge in [-0.2, -0.15) is 13.2 Å². The van der Waals surface area contributed by atoms with Crippen molar-refractivity contribution in [2.45, 2.75) is 12.6 Å². The summed E-state index contributed by atoms with van der Waals surface area (Å²) in [5.74, 6) is -2.38. The highest BCUT2D eigenvalue weighted by Crippen LogP contribution is 2.13. The molecule has 0 spiro atoms. The Morgan fingerprint density at radius 3 is 2.06 bits per heavy atom. The van der Waals surface area contributed by atoms with Gasteiger partial charge < -0.3 is 16.4 Å². The molecule has 0 aromatic rings. The first-order valence-electron chi connectivity index (χ1n) is 4.19. The molecule has 0 aliphatic carbocycles. The second-order valence-electron chi connectivity index (χ2n) is 2.64. The standard InChI is InChI=1S/C7H12F3N3O2.ClH/c8-7(9,10)6(15)13-4-3-12-5(14)1-2-11;/h1-4,11H2,(H,12,14)(H,13,15);1H. The summed E-state index contributed by atoms with van der Waals surface area (Å²) in [6.07, 6.45) is -4.78. The number of hydrogen-bond acceptors (Lipinski definition) is 3. The van der Waals surface area contributed by atoms with Crippen molar-refractivity contribution >= 4 is 24.2 Å². The number of alkyl halides is 3. The molecule has 0 atom stereocenters. The van der Waals surface area contributed by atoms with Crippen LogP contribution in [0.2, 0.25) is 0 Å². The Balaban J connectivity index is 0. The van der Waals surface area contributed by atoms with Crippen molar-refractivity contribution in [2.24, 2.45) is 5.73 Å². The van der Waals surface area contributed by atoms with Crippen LogP contribution >= 0.6 is 12.4 Å². The average molecular weight is 264 g/mol. The fourth-order valence-corrected chi connectivity index (χ4v) is 0.698. The Hall–Kier alpha value is -1.02. The zero-order valence-electron chi connectivity index (χ0n) is 8.26. The minimum absolute atomic E-state index is 0. The largest absolute Gasteiger partial charge is 0.471 e. The second kappa shape index (κ2) is 8.17. The van der Waals surface area contributed by atoms with Gasteiger partial charge in [0, 0.05) is 26.1 Å². The molecule has 9 heteroatoms. The summed E-state index contributed by atoms with van der Waals surface area (Å²) in [5.41, 5.74) is 5.06. The van der Waals surface area contributed by atoms with Gasteiger partial charge in [0.15, 0.2) is 0 Å². The van der Waals surface area contributed by atoms with Crippen LogP contribution in [0.3, 0.4) is 0 Å². The van der Waals surface area contributed by atoms with Crippen molar-refractivity contribution in [2.75, 3.05) is 19.6 Å². The van der Waals surface area contributed by atoms with E-state index in [-0.39, 0.29) is 44.4 Å². The molecule has 0 fully saturated rings. The Kier molecular flexibility index (Phi) is 8.87. The number of rotatable bonds is 5. The van der Waals surface area contributed by atoms with Crippen LogP contribution < -0.4 is 16.4 Å². The highest BCUT2D eigenvalue weighted by molar-refractivity contribution is 5.85. The molecule has 0 aromatic heterocycles. The van der Waals surface area contributed by atoms with Crippen molar-refractivity contribution < 1.29 is 22.8 Å². The van der Waals surface area contributed by atoms with E-state index < -0.39 is 12.1 Å². The van der Waals surface area contributed by atoms with Crippen molar-refractivity contribution in [3.63, 3.8) is 0 Å². The van der Waals surface area contributed by atoms with Gasteiger partial charge in [-0.15, -0.1) is 12.4 Å². The maximum absolute atomic E-state index is 11.6. The Morgan fingerprint density at radius 2 is 1.62 bits per heavy atom. The molecule has 0 saturated heterocycles. The van der Waals surface area contributed by atoms with Crippen LogP contribution in [-0.2, 0) is 9.59 Å². The first kappa shape index (κ1) is 17.4. The highest BCUT2D eigenvalue weighted by atomic mass is 35.5. The van der Waals surface area contributed by atoms with Gasteiger partial charge in [-0.25, -0.2) is 0 Å². The molecule has 0 aromatic carbocycles. The summed E-state index contributed by atoms with van der Waals surface area (Å²) >= 11 is 0. The Bertz CT molecular complexity index is 235. The Morgan fingerprint density at radius 1 is 1.12 bits per heavy atom. The second-order valence-corrected chi connectivity index (χ2v) is 2.64. The molecule has 0 aliphatic heterocycles. The zero-order valence-corrected chi connectivity index (χ0v) is 9.08. The van der Waals surface area contributed by atoms with Crippen molar-refractivity contribution in [3.8, 4) is 0 Å². The number of hydrogen-bond donors (Lipinski definition) is 3. The molecular formula is C7H13ClF3N3O2. The molecule has 5 nitrogen and oxygen atoms in total. The van der Waals surface area contributed by atoms with Gasteiger partial charge in [0.1, 0.15) is 0 Å². The maximum Gasteiger partial charge on any atom is 0.471 e. The van der Waals surface area contributed by atoms with E-state index in [1.807, 2.05) is 0 Å². The van der Waals surface area contributed by atoms with Gasteiger partial charge in [-0.3, -0.25) is 9.59 Å². The highest BCUT2D eigenvalue weighted by Gasteiger charge is 2.38. The number of carbonyl (C=O) groups excluding carboxylic acids is 2. The van der Waals surface area contributed by atoms with Gasteiger partial charge in [0.25, 0.3) is 0 Å². The fourth-order valence-electron chi connectivity index (χ4n) is 0.698. The molecule has 16 heavy (non-hydrogen) atoms. The monoisotopic (exact) mass is 263 g/mol. The van der Waals surface area contributed by atoms with Gasteiger partial charge in [-0.1, -0.05) is 0 Å². The van der Waals surface area contributed by atoms with Gasteiger partial charge in [0.2, 0.25) is 5.91 Å². The number of nitrogens with one attached hydrogen (secondary N) is 2. The van der Waals surface area contributed by atoms with E-state index in [1.54, 1.807) is 5.32 Å². The maximum atomic E-state index is 11.6. The quantitative estimate of drug-likeness (QED) is 0.588. The van der Waals surface area contributed by atoms with Crippen LogP contribution in [-0.4, -0.2) is 37.6 Å². The normalized spacial score (nSPS) is 10.2. The van der Waals surface area contributed by atoms with Crippen LogP contribution in [0.1, 0.15) is 6.42 Å². The summed E-state index contributed by atoms with van der Waals surface area (Å²) < 4.78 is 34.9. The molecular weight excluding hydrogens is 251 g/mol. The van der Waals surface area contributed by atoms with Crippen molar-refractivity contribution in [3.05, 3.63) is 0 Å². The topological polar surface area (TPSA) is 84.2 Å². The SMILES string of the molecule is Cl.NCCC(=O)NCCNC(=O)C(F)(F)F. The zero-order chi connectivity index (χ0) is 11.9. The molecule has 2 amide bonds. The minimum Gasteiger partial charge on any atom is -0.354 e. The van der Waals surface area contributed by atoms with E-state index in [2.05, 4.69) is 5.32 Å². The summed E-state index contributed by atoms with van der Waals surface area (Å²) in [6.45, 7) is -0.157. The summed E-state index contributed by atoms with van der Waals surface area (Å²) in [7, 11) is 0. The van der Waals surface area contributed by atoms with E-state index in [0.29, 0.717) is 0 Å². The number of halogens is 4. The lowest BCUT2D eigenvalue weighted by atomic mass is 10.4. The predicted octanol–water partition coefficient (Wildman–Crippen LogP) is -0.448. The molecule has 0 rings (SSSR count). The number of nitrogens with two attached hydrogens (primary N) is 1. The smallest absolute Gasteiger partial charge is 0.354 e. The van der Waals surface area contributed by atoms with Crippen molar-refractivity contribution in [1.82, 2.24) is 10.6 Å². The number of amides is 2. The van der Waals surface area contributed by atoms with Crippen LogP contribution in [0, 0.1) is 0 Å². The van der Waals surface area contributed by atoms with E-state index in [0.717, 1.165) is 0 Å². The summed E-state index contributed by atoms with van der Waals surface area (Å²) in [5, 5.41) is 3.90. The number of carbonyl (C=O) groups is 2. The molecule has 0 aliphatic rings. The lowest BCUT2D eigenvalue weighted by molar-refractivity contribution is -0.173. The van der Waals surface area contributed by atoms with Crippen molar-refractivity contribution in [1.29, 1.82) is 0 Å². The van der Waals surface area contributed by atoms with E-state index in [4.69, 9.17) is 5.73 Å². The van der Waals surface area contributed by atoms with Gasteiger partial charge in [-0.05, 0) is 0 Å². The lowest BCUT2D eigenvalue weighted by Gasteiger charge is -2.08. The molecule has 0 bridgehead atoms. The predicted molar refractivity (Wildman–Crippen MR) is 53.0 cm³/mol. The molecule has 0 saturated carbocycles. The van der Waals surface area contributed by atoms with Gasteiger partial charge in [0.05, 0.1) is 0 Å². The first-order chi connectivity index (χ1) is 6.88. The molecule has 0 unspecified atom stereocenters. The average Bonchev–Trinajstić information content (AvgIpc) is 2.11. The van der Waals surface area contributed by atoms with E-state index in [1.165, 1.54) is 0 Å². The molecule has 0 radical (unpaired) electrons. The van der Waals surface area contributed by atoms with Crippen LogP contribution in [0.4, 0.5) is 13.2 Å². The van der Waals surface area contributed by atoms with Gasteiger partial charge >= 0.3 is 12.1 Å². The molecule has 0 heterocycles. The third-order valence-corrected chi connectivity index (χ3v) is 1.36. The lowest BCUT2D eigenvalue weighted by Crippen LogP contribution is -2.41. The third-order valence-electron chi connectivity index (χ3n) is 1.36. The first-order valence-corrected chi connectivity index (χ1v) is 4.19. The Labute approximate surface area is 96.3 Å². The fraction of sp³-hybridized carbons (Fsp3) is 0.714. The van der Waals surface area contributed by atoms with Crippen LogP contribution in [0.25, 0.3) is 0 Å². The van der Waals surface area contributed by atoms with E-state index in [9.17, 15) is 22.8 Å². The van der Waals surface area contributed by atoms with Crippen LogP contribution in [0.5, 0.6) is 0 Å². The minimum atomic E-state index is -4.89. The third kappa shape index (κ3) is 8.30. The summed E-state index contributed by atoms with van der Waals surface area (Å²) in [4.78, 5) is 21.0.